The lowest BCUT2D eigenvalue weighted by atomic mass is 10.1. The van der Waals surface area contributed by atoms with Crippen LogP contribution in [0.5, 0.6) is 0 Å². The van der Waals surface area contributed by atoms with E-state index in [1.54, 1.807) is 12.4 Å². The molecule has 1 amide bonds. The van der Waals surface area contributed by atoms with Crippen LogP contribution in [0, 0.1) is 6.92 Å². The van der Waals surface area contributed by atoms with Gasteiger partial charge >= 0.3 is 0 Å². The zero-order valence-electron chi connectivity index (χ0n) is 14.4. The van der Waals surface area contributed by atoms with Crippen molar-refractivity contribution in [2.24, 2.45) is 0 Å². The van der Waals surface area contributed by atoms with Gasteiger partial charge in [-0.1, -0.05) is 12.1 Å². The Morgan fingerprint density at radius 2 is 2.33 bits per heavy atom. The van der Waals surface area contributed by atoms with Gasteiger partial charge in [-0.3, -0.25) is 9.69 Å². The predicted octanol–water partition coefficient (Wildman–Crippen LogP) is 2.22. The maximum Gasteiger partial charge on any atom is 0.255 e. The van der Waals surface area contributed by atoms with Crippen LogP contribution >= 0.6 is 0 Å². The van der Waals surface area contributed by atoms with Gasteiger partial charge in [-0.15, -0.1) is 0 Å². The average molecular weight is 331 g/mol. The Hall–Kier alpha value is -2.15. The fourth-order valence-corrected chi connectivity index (χ4v) is 3.37. The third-order valence-electron chi connectivity index (χ3n) is 4.67. The molecule has 1 aliphatic heterocycles. The number of amides is 1. The molecule has 7 heteroatoms. The molecule has 3 heterocycles. The van der Waals surface area contributed by atoms with Crippen molar-refractivity contribution in [3.63, 3.8) is 0 Å². The second kappa shape index (κ2) is 7.61. The summed E-state index contributed by atoms with van der Waals surface area (Å²) in [6.45, 7) is 7.20. The molecule has 2 aromatic heterocycles. The second-order valence-electron chi connectivity index (χ2n) is 6.27. The average Bonchev–Trinajstić information content (AvgIpc) is 3.19. The molecule has 1 saturated heterocycles. The Bertz CT molecular complexity index is 652. The highest BCUT2D eigenvalue weighted by Crippen LogP contribution is 2.20. The Morgan fingerprint density at radius 3 is 3.00 bits per heavy atom. The number of likely N-dealkylation sites (tertiary alicyclic amines) is 1. The first-order chi connectivity index (χ1) is 11.7. The summed E-state index contributed by atoms with van der Waals surface area (Å²) in [6, 6.07) is 2.28. The number of aromatic nitrogens is 3. The molecule has 3 rings (SSSR count). The number of carbonyl (C=O) groups is 1. The highest BCUT2D eigenvalue weighted by atomic mass is 16.5. The number of H-pyrrole nitrogens is 1. The molecule has 1 atom stereocenters. The van der Waals surface area contributed by atoms with Crippen LogP contribution in [0.2, 0.25) is 0 Å². The van der Waals surface area contributed by atoms with Crippen LogP contribution in [-0.2, 0) is 6.54 Å². The van der Waals surface area contributed by atoms with Crippen molar-refractivity contribution in [2.75, 3.05) is 19.6 Å². The van der Waals surface area contributed by atoms with Gasteiger partial charge in [0.2, 0.25) is 5.89 Å². The summed E-state index contributed by atoms with van der Waals surface area (Å²) >= 11 is 0. The van der Waals surface area contributed by atoms with E-state index in [1.165, 1.54) is 0 Å². The molecular weight excluding hydrogens is 306 g/mol. The Morgan fingerprint density at radius 1 is 1.46 bits per heavy atom. The van der Waals surface area contributed by atoms with Gasteiger partial charge in [-0.2, -0.15) is 4.98 Å². The summed E-state index contributed by atoms with van der Waals surface area (Å²) in [7, 11) is 0. The number of aryl methyl sites for hydroxylation is 1. The van der Waals surface area contributed by atoms with Gasteiger partial charge in [-0.25, -0.2) is 0 Å². The summed E-state index contributed by atoms with van der Waals surface area (Å²) < 4.78 is 5.07. The lowest BCUT2D eigenvalue weighted by Gasteiger charge is -2.28. The van der Waals surface area contributed by atoms with Gasteiger partial charge in [0, 0.05) is 38.4 Å². The molecule has 1 aliphatic rings. The standard InChI is InChI=1S/C17H25N5O2/c1-3-21(12-16-19-13(2)24-20-16)15-5-4-9-22(10-7-15)17(23)14-6-8-18-11-14/h6,8,11,15,18H,3-5,7,9-10,12H2,1-2H3/t15-/m0/s1. The summed E-state index contributed by atoms with van der Waals surface area (Å²) in [5, 5.41) is 4.00. The van der Waals surface area contributed by atoms with Gasteiger partial charge in [0.1, 0.15) is 0 Å². The number of rotatable bonds is 5. The van der Waals surface area contributed by atoms with Crippen LogP contribution in [0.1, 0.15) is 48.3 Å². The zero-order chi connectivity index (χ0) is 16.9. The molecular formula is C17H25N5O2. The van der Waals surface area contributed by atoms with E-state index >= 15 is 0 Å². The van der Waals surface area contributed by atoms with Crippen molar-refractivity contribution in [3.8, 4) is 0 Å². The van der Waals surface area contributed by atoms with Gasteiger partial charge in [0.25, 0.3) is 5.91 Å². The fraction of sp³-hybridized carbons (Fsp3) is 0.588. The van der Waals surface area contributed by atoms with Crippen LogP contribution in [0.3, 0.4) is 0 Å². The quantitative estimate of drug-likeness (QED) is 0.909. The number of hydrogen-bond donors (Lipinski definition) is 1. The van der Waals surface area contributed by atoms with Crippen molar-refractivity contribution in [1.82, 2.24) is 24.9 Å². The van der Waals surface area contributed by atoms with E-state index in [0.29, 0.717) is 18.5 Å². The Kier molecular flexibility index (Phi) is 5.30. The van der Waals surface area contributed by atoms with E-state index in [2.05, 4.69) is 26.9 Å². The molecule has 130 valence electrons. The highest BCUT2D eigenvalue weighted by molar-refractivity contribution is 5.94. The molecule has 0 aliphatic carbocycles. The van der Waals surface area contributed by atoms with Crippen LogP contribution in [-0.4, -0.2) is 56.5 Å². The van der Waals surface area contributed by atoms with E-state index in [1.807, 2.05) is 17.9 Å². The monoisotopic (exact) mass is 331 g/mol. The van der Waals surface area contributed by atoms with Gasteiger partial charge in [0.05, 0.1) is 12.1 Å². The van der Waals surface area contributed by atoms with E-state index in [9.17, 15) is 4.79 Å². The molecule has 1 N–H and O–H groups in total. The van der Waals surface area contributed by atoms with E-state index in [0.717, 1.165) is 50.3 Å². The molecule has 0 saturated carbocycles. The molecule has 1 fully saturated rings. The third-order valence-corrected chi connectivity index (χ3v) is 4.67. The smallest absolute Gasteiger partial charge is 0.255 e. The molecule has 0 aromatic carbocycles. The SMILES string of the molecule is CCN(Cc1noc(C)n1)[C@H]1CCCN(C(=O)c2cc[nH]c2)CC1. The van der Waals surface area contributed by atoms with Crippen molar-refractivity contribution in [3.05, 3.63) is 35.7 Å². The van der Waals surface area contributed by atoms with Gasteiger partial charge in [-0.05, 0) is 31.9 Å². The first kappa shape index (κ1) is 16.7. The van der Waals surface area contributed by atoms with Crippen LogP contribution in [0.25, 0.3) is 0 Å². The van der Waals surface area contributed by atoms with Gasteiger partial charge in [0.15, 0.2) is 5.82 Å². The number of hydrogen-bond acceptors (Lipinski definition) is 5. The normalized spacial score (nSPS) is 18.8. The minimum Gasteiger partial charge on any atom is -0.367 e. The molecule has 2 aromatic rings. The zero-order valence-corrected chi connectivity index (χ0v) is 14.4. The first-order valence-electron chi connectivity index (χ1n) is 8.62. The highest BCUT2D eigenvalue weighted by Gasteiger charge is 2.25. The van der Waals surface area contributed by atoms with E-state index in [4.69, 9.17) is 4.52 Å². The summed E-state index contributed by atoms with van der Waals surface area (Å²) in [6.07, 6.45) is 6.63. The summed E-state index contributed by atoms with van der Waals surface area (Å²) in [5.41, 5.74) is 0.739. The lowest BCUT2D eigenvalue weighted by molar-refractivity contribution is 0.0756. The topological polar surface area (TPSA) is 78.3 Å². The Balaban J connectivity index is 1.60. The largest absolute Gasteiger partial charge is 0.367 e. The molecule has 24 heavy (non-hydrogen) atoms. The predicted molar refractivity (Wildman–Crippen MR) is 89.5 cm³/mol. The first-order valence-corrected chi connectivity index (χ1v) is 8.62. The lowest BCUT2D eigenvalue weighted by Crippen LogP contribution is -2.37. The van der Waals surface area contributed by atoms with Crippen LogP contribution in [0.15, 0.2) is 23.0 Å². The Labute approximate surface area is 142 Å². The minimum absolute atomic E-state index is 0.119. The molecule has 0 bridgehead atoms. The molecule has 0 unspecified atom stereocenters. The summed E-state index contributed by atoms with van der Waals surface area (Å²) in [5.74, 6) is 1.46. The van der Waals surface area contributed by atoms with E-state index < -0.39 is 0 Å². The molecule has 7 nitrogen and oxygen atoms in total. The summed E-state index contributed by atoms with van der Waals surface area (Å²) in [4.78, 5) is 24.1. The molecule has 0 spiro atoms. The van der Waals surface area contributed by atoms with Crippen LogP contribution in [0.4, 0.5) is 0 Å². The van der Waals surface area contributed by atoms with Crippen molar-refractivity contribution >= 4 is 5.91 Å². The number of nitrogens with one attached hydrogen (secondary N) is 1. The van der Waals surface area contributed by atoms with Gasteiger partial charge < -0.3 is 14.4 Å². The maximum absolute atomic E-state index is 12.5. The van der Waals surface area contributed by atoms with Crippen molar-refractivity contribution < 1.29 is 9.32 Å². The number of aromatic amines is 1. The third kappa shape index (κ3) is 3.84. The second-order valence-corrected chi connectivity index (χ2v) is 6.27. The fourth-order valence-electron chi connectivity index (χ4n) is 3.37. The number of nitrogens with zero attached hydrogens (tertiary/aromatic N) is 4. The number of carbonyl (C=O) groups excluding carboxylic acids is 1. The molecule has 0 radical (unpaired) electrons. The van der Waals surface area contributed by atoms with Crippen LogP contribution < -0.4 is 0 Å². The van der Waals surface area contributed by atoms with Crippen molar-refractivity contribution in [2.45, 2.75) is 45.7 Å². The minimum atomic E-state index is 0.119. The maximum atomic E-state index is 12.5. The van der Waals surface area contributed by atoms with Crippen molar-refractivity contribution in [1.29, 1.82) is 0 Å². The van der Waals surface area contributed by atoms with E-state index in [-0.39, 0.29) is 5.91 Å².